The Morgan fingerprint density at radius 2 is 1.83 bits per heavy atom. The van der Waals surface area contributed by atoms with Gasteiger partial charge in [0.2, 0.25) is 5.91 Å². The number of halogens is 1. The molecule has 0 radical (unpaired) electrons. The zero-order chi connectivity index (χ0) is 16.7. The van der Waals surface area contributed by atoms with Crippen LogP contribution >= 0.6 is 11.6 Å². The first kappa shape index (κ1) is 16.5. The van der Waals surface area contributed by atoms with E-state index in [9.17, 15) is 4.79 Å². The molecule has 0 saturated carbocycles. The summed E-state index contributed by atoms with van der Waals surface area (Å²) in [6.07, 6.45) is 1.87. The maximum absolute atomic E-state index is 11.9. The van der Waals surface area contributed by atoms with Gasteiger partial charge in [-0.25, -0.2) is 0 Å². The molecule has 0 saturated heterocycles. The molecule has 1 N–H and O–H groups in total. The second-order valence-electron chi connectivity index (χ2n) is 5.02. The van der Waals surface area contributed by atoms with E-state index < -0.39 is 0 Å². The first-order valence-electron chi connectivity index (χ1n) is 7.11. The number of nitriles is 2. The first-order chi connectivity index (χ1) is 11.1. The molecule has 5 heteroatoms. The van der Waals surface area contributed by atoms with E-state index >= 15 is 0 Å². The molecule has 0 atom stereocenters. The summed E-state index contributed by atoms with van der Waals surface area (Å²) in [7, 11) is 0. The van der Waals surface area contributed by atoms with Gasteiger partial charge in [-0.2, -0.15) is 10.5 Å². The van der Waals surface area contributed by atoms with Crippen molar-refractivity contribution in [3.05, 3.63) is 64.2 Å². The molecule has 114 valence electrons. The third-order valence-corrected chi connectivity index (χ3v) is 3.64. The van der Waals surface area contributed by atoms with Gasteiger partial charge in [0.1, 0.15) is 6.07 Å². The van der Waals surface area contributed by atoms with Crippen LogP contribution in [0.5, 0.6) is 0 Å². The molecular formula is C18H14ClN3O. The van der Waals surface area contributed by atoms with Crippen LogP contribution in [0.3, 0.4) is 0 Å². The topological polar surface area (TPSA) is 76.7 Å². The van der Waals surface area contributed by atoms with Gasteiger partial charge in [-0.15, -0.1) is 0 Å². The van der Waals surface area contributed by atoms with E-state index in [4.69, 9.17) is 22.1 Å². The van der Waals surface area contributed by atoms with Gasteiger partial charge in [-0.3, -0.25) is 4.79 Å². The number of hydrogen-bond acceptors (Lipinski definition) is 3. The van der Waals surface area contributed by atoms with Gasteiger partial charge in [0, 0.05) is 12.1 Å². The summed E-state index contributed by atoms with van der Waals surface area (Å²) in [5.41, 5.74) is 2.69. The zero-order valence-corrected chi connectivity index (χ0v) is 13.1. The largest absolute Gasteiger partial charge is 0.326 e. The predicted molar refractivity (Wildman–Crippen MR) is 88.9 cm³/mol. The van der Waals surface area contributed by atoms with Crippen molar-refractivity contribution in [2.45, 2.75) is 19.3 Å². The number of aryl methyl sites for hydroxylation is 1. The van der Waals surface area contributed by atoms with Gasteiger partial charge in [0.05, 0.1) is 22.2 Å². The maximum atomic E-state index is 11.9. The average molecular weight is 324 g/mol. The minimum Gasteiger partial charge on any atom is -0.326 e. The molecule has 0 spiro atoms. The number of anilines is 1. The molecule has 2 rings (SSSR count). The molecular weight excluding hydrogens is 310 g/mol. The summed E-state index contributed by atoms with van der Waals surface area (Å²) in [5.74, 6) is -0.0978. The van der Waals surface area contributed by atoms with E-state index in [1.165, 1.54) is 0 Å². The third kappa shape index (κ3) is 4.85. The van der Waals surface area contributed by atoms with Crippen LogP contribution in [0.4, 0.5) is 5.69 Å². The van der Waals surface area contributed by atoms with Crippen molar-refractivity contribution in [1.82, 2.24) is 0 Å². The minimum absolute atomic E-state index is 0.0978. The fourth-order valence-electron chi connectivity index (χ4n) is 2.11. The van der Waals surface area contributed by atoms with E-state index in [2.05, 4.69) is 11.4 Å². The van der Waals surface area contributed by atoms with E-state index in [-0.39, 0.29) is 5.91 Å². The van der Waals surface area contributed by atoms with E-state index in [1.807, 2.05) is 18.2 Å². The lowest BCUT2D eigenvalue weighted by Gasteiger charge is -2.06. The van der Waals surface area contributed by atoms with Crippen molar-refractivity contribution in [2.75, 3.05) is 5.32 Å². The predicted octanol–water partition coefficient (Wildman–Crippen LogP) is 4.04. The fraction of sp³-hybridized carbons (Fsp3) is 0.167. The van der Waals surface area contributed by atoms with Crippen molar-refractivity contribution >= 4 is 23.2 Å². The minimum atomic E-state index is -0.0978. The molecule has 0 aromatic heterocycles. The summed E-state index contributed by atoms with van der Waals surface area (Å²) < 4.78 is 0. The molecule has 0 fully saturated rings. The Balaban J connectivity index is 1.82. The van der Waals surface area contributed by atoms with Crippen molar-refractivity contribution in [1.29, 1.82) is 10.5 Å². The Bertz CT molecular complexity index is 785. The molecule has 0 aliphatic heterocycles. The normalized spacial score (nSPS) is 9.70. The Morgan fingerprint density at radius 1 is 1.09 bits per heavy atom. The van der Waals surface area contributed by atoms with Crippen LogP contribution in [0.25, 0.3) is 0 Å². The van der Waals surface area contributed by atoms with Crippen molar-refractivity contribution in [3.63, 3.8) is 0 Å². The second-order valence-corrected chi connectivity index (χ2v) is 5.42. The summed E-state index contributed by atoms with van der Waals surface area (Å²) in [5, 5.41) is 20.6. The van der Waals surface area contributed by atoms with Crippen LogP contribution in [-0.4, -0.2) is 5.91 Å². The van der Waals surface area contributed by atoms with Crippen molar-refractivity contribution in [2.24, 2.45) is 0 Å². The van der Waals surface area contributed by atoms with Crippen LogP contribution in [-0.2, 0) is 11.2 Å². The highest BCUT2D eigenvalue weighted by molar-refractivity contribution is 6.32. The molecule has 0 unspecified atom stereocenters. The first-order valence-corrected chi connectivity index (χ1v) is 7.48. The number of hydrogen-bond donors (Lipinski definition) is 1. The monoisotopic (exact) mass is 323 g/mol. The van der Waals surface area contributed by atoms with Gasteiger partial charge in [0.15, 0.2) is 0 Å². The number of amides is 1. The summed E-state index contributed by atoms with van der Waals surface area (Å²) in [6.45, 7) is 0. The SMILES string of the molecule is N#Cc1ccc(CCCC(=O)Nc2ccc(C#N)c(Cl)c2)cc1. The Labute approximate surface area is 139 Å². The van der Waals surface area contributed by atoms with Gasteiger partial charge >= 0.3 is 0 Å². The summed E-state index contributed by atoms with van der Waals surface area (Å²) in [4.78, 5) is 11.9. The lowest BCUT2D eigenvalue weighted by atomic mass is 10.1. The number of carbonyl (C=O) groups excluding carboxylic acids is 1. The molecule has 1 amide bonds. The number of nitrogens with one attached hydrogen (secondary N) is 1. The smallest absolute Gasteiger partial charge is 0.224 e. The zero-order valence-electron chi connectivity index (χ0n) is 12.3. The number of benzene rings is 2. The highest BCUT2D eigenvalue weighted by Gasteiger charge is 2.05. The quantitative estimate of drug-likeness (QED) is 0.901. The van der Waals surface area contributed by atoms with Crippen LogP contribution < -0.4 is 5.32 Å². The standard InChI is InChI=1S/C18H14ClN3O/c19-17-10-16(9-8-15(17)12-21)22-18(23)3-1-2-13-4-6-14(11-20)7-5-13/h4-10H,1-3H2,(H,22,23). The molecule has 0 bridgehead atoms. The molecule has 0 aliphatic carbocycles. The van der Waals surface area contributed by atoms with Crippen molar-refractivity contribution < 1.29 is 4.79 Å². The molecule has 0 heterocycles. The average Bonchev–Trinajstić information content (AvgIpc) is 2.55. The van der Waals surface area contributed by atoms with E-state index in [0.717, 1.165) is 12.0 Å². The summed E-state index contributed by atoms with van der Waals surface area (Å²) in [6, 6.07) is 16.2. The van der Waals surface area contributed by atoms with Crippen LogP contribution in [0.15, 0.2) is 42.5 Å². The van der Waals surface area contributed by atoms with Gasteiger partial charge in [0.25, 0.3) is 0 Å². The lowest BCUT2D eigenvalue weighted by Crippen LogP contribution is -2.11. The van der Waals surface area contributed by atoms with Gasteiger partial charge in [-0.1, -0.05) is 23.7 Å². The molecule has 2 aromatic carbocycles. The number of carbonyl (C=O) groups is 1. The van der Waals surface area contributed by atoms with Crippen molar-refractivity contribution in [3.8, 4) is 12.1 Å². The maximum Gasteiger partial charge on any atom is 0.224 e. The molecule has 4 nitrogen and oxygen atoms in total. The Kier molecular flexibility index (Phi) is 5.74. The summed E-state index contributed by atoms with van der Waals surface area (Å²) >= 11 is 5.93. The molecule has 23 heavy (non-hydrogen) atoms. The Hall–Kier alpha value is -2.82. The van der Waals surface area contributed by atoms with Crippen LogP contribution in [0.2, 0.25) is 5.02 Å². The number of rotatable bonds is 5. The second kappa shape index (κ2) is 7.98. The van der Waals surface area contributed by atoms with Crippen LogP contribution in [0, 0.1) is 22.7 Å². The third-order valence-electron chi connectivity index (χ3n) is 3.33. The number of nitrogens with zero attached hydrogens (tertiary/aromatic N) is 2. The lowest BCUT2D eigenvalue weighted by molar-refractivity contribution is -0.116. The van der Waals surface area contributed by atoms with E-state index in [1.54, 1.807) is 30.3 Å². The fourth-order valence-corrected chi connectivity index (χ4v) is 2.33. The van der Waals surface area contributed by atoms with Crippen LogP contribution in [0.1, 0.15) is 29.5 Å². The van der Waals surface area contributed by atoms with Gasteiger partial charge < -0.3 is 5.32 Å². The Morgan fingerprint density at radius 3 is 2.43 bits per heavy atom. The van der Waals surface area contributed by atoms with E-state index in [0.29, 0.717) is 34.7 Å². The highest BCUT2D eigenvalue weighted by Crippen LogP contribution is 2.20. The highest BCUT2D eigenvalue weighted by atomic mass is 35.5. The van der Waals surface area contributed by atoms with Gasteiger partial charge in [-0.05, 0) is 48.7 Å². The molecule has 0 aliphatic rings. The molecule has 2 aromatic rings.